The van der Waals surface area contributed by atoms with Crippen molar-refractivity contribution in [3.05, 3.63) is 35.8 Å². The number of benzene rings is 1. The Morgan fingerprint density at radius 3 is 2.40 bits per heavy atom. The summed E-state index contributed by atoms with van der Waals surface area (Å²) in [6.45, 7) is 3.40. The molecule has 45 heavy (non-hydrogen) atoms. The van der Waals surface area contributed by atoms with Crippen LogP contribution in [0, 0.1) is 24.2 Å². The van der Waals surface area contributed by atoms with E-state index in [1.807, 2.05) is 4.90 Å². The molecule has 1 saturated heterocycles. The maximum Gasteiger partial charge on any atom is 0.492 e. The van der Waals surface area contributed by atoms with Crippen LogP contribution in [0.25, 0.3) is 16.9 Å². The molecule has 1 aliphatic heterocycles. The third-order valence-electron chi connectivity index (χ3n) is 8.17. The van der Waals surface area contributed by atoms with Crippen LogP contribution in [0.15, 0.2) is 29.3 Å². The zero-order valence-corrected chi connectivity index (χ0v) is 24.5. The first-order valence-corrected chi connectivity index (χ1v) is 15.0. The molecule has 5 rings (SSSR count). The Kier molecular flexibility index (Phi) is 7.99. The van der Waals surface area contributed by atoms with Gasteiger partial charge in [-0.25, -0.2) is 27.7 Å². The van der Waals surface area contributed by atoms with Gasteiger partial charge in [0.25, 0.3) is 15.8 Å². The second-order valence-electron chi connectivity index (χ2n) is 11.3. The molecule has 1 aliphatic carbocycles. The van der Waals surface area contributed by atoms with Crippen LogP contribution in [0.4, 0.5) is 32.2 Å². The third-order valence-corrected chi connectivity index (χ3v) is 9.97. The van der Waals surface area contributed by atoms with Crippen LogP contribution in [0.2, 0.25) is 0 Å². The average Bonchev–Trinajstić information content (AvgIpc) is 3.35. The number of alkyl halides is 6. The molecule has 1 saturated carbocycles. The molecule has 12 nitrogen and oxygen atoms in total. The van der Waals surface area contributed by atoms with Gasteiger partial charge in [0.1, 0.15) is 0 Å². The summed E-state index contributed by atoms with van der Waals surface area (Å²) in [5, 5.41) is 12.5. The minimum absolute atomic E-state index is 0.00647. The van der Waals surface area contributed by atoms with Crippen LogP contribution in [-0.4, -0.2) is 74.2 Å². The van der Waals surface area contributed by atoms with Gasteiger partial charge in [-0.15, -0.1) is 5.10 Å². The van der Waals surface area contributed by atoms with Crippen molar-refractivity contribution in [1.29, 1.82) is 5.26 Å². The van der Waals surface area contributed by atoms with E-state index in [9.17, 15) is 39.6 Å². The molecule has 3 heterocycles. The van der Waals surface area contributed by atoms with E-state index in [1.165, 1.54) is 19.9 Å². The Labute approximate surface area is 252 Å². The average molecular weight is 661 g/mol. The highest BCUT2D eigenvalue weighted by Crippen LogP contribution is 2.40. The van der Waals surface area contributed by atoms with Crippen molar-refractivity contribution in [3.8, 4) is 17.3 Å². The van der Waals surface area contributed by atoms with Gasteiger partial charge in [0.05, 0.1) is 28.4 Å². The number of hydrogen-bond acceptors (Lipinski definition) is 10. The Balaban J connectivity index is 1.54. The molecular formula is C26H26F6N8O4S. The van der Waals surface area contributed by atoms with E-state index in [4.69, 9.17) is 11.0 Å². The molecule has 19 heteroatoms. The summed E-state index contributed by atoms with van der Waals surface area (Å²) in [7, 11) is -5.02. The summed E-state index contributed by atoms with van der Waals surface area (Å²) in [6, 6.07) is 5.62. The monoisotopic (exact) mass is 660 g/mol. The highest BCUT2D eigenvalue weighted by atomic mass is 32.2. The first-order valence-electron chi connectivity index (χ1n) is 13.5. The van der Waals surface area contributed by atoms with Gasteiger partial charge >= 0.3 is 18.3 Å². The number of carbonyl (C=O) groups is 1. The number of nitriles is 1. The van der Waals surface area contributed by atoms with Crippen molar-refractivity contribution in [3.63, 3.8) is 0 Å². The molecule has 0 unspecified atom stereocenters. The van der Waals surface area contributed by atoms with Crippen LogP contribution < -0.4 is 5.73 Å². The van der Waals surface area contributed by atoms with E-state index in [1.54, 1.807) is 0 Å². The molecule has 2 aliphatic rings. The summed E-state index contributed by atoms with van der Waals surface area (Å²) in [6.07, 6.45) is -8.18. The number of piperidine rings is 1. The second kappa shape index (κ2) is 11.1. The van der Waals surface area contributed by atoms with Gasteiger partial charge in [-0.2, -0.15) is 31.6 Å². The van der Waals surface area contributed by atoms with Gasteiger partial charge in [-0.3, -0.25) is 0 Å². The van der Waals surface area contributed by atoms with Gasteiger partial charge < -0.3 is 15.5 Å². The predicted octanol–water partition coefficient (Wildman–Crippen LogP) is 3.87. The molecular weight excluding hydrogens is 634 g/mol. The quantitative estimate of drug-likeness (QED) is 0.304. The molecule has 1 aromatic carbocycles. The lowest BCUT2D eigenvalue weighted by Gasteiger charge is -2.48. The number of nitrogens with two attached hydrogens (primary N) is 1. The Morgan fingerprint density at radius 1 is 1.18 bits per heavy atom. The van der Waals surface area contributed by atoms with E-state index >= 15 is 0 Å². The van der Waals surface area contributed by atoms with Gasteiger partial charge in [0.15, 0.2) is 11.5 Å². The number of halogens is 6. The van der Waals surface area contributed by atoms with Crippen LogP contribution in [0.3, 0.4) is 0 Å². The fraction of sp³-hybridized carbons (Fsp3) is 0.500. The molecule has 0 spiro atoms. The first kappa shape index (κ1) is 32.4. The highest BCUT2D eigenvalue weighted by Gasteiger charge is 2.52. The van der Waals surface area contributed by atoms with Gasteiger partial charge in [0, 0.05) is 30.6 Å². The second-order valence-corrected chi connectivity index (χ2v) is 13.0. The summed E-state index contributed by atoms with van der Waals surface area (Å²) in [4.78, 5) is 25.2. The number of hydrogen-bond donors (Lipinski definition) is 1. The lowest BCUT2D eigenvalue weighted by atomic mass is 9.78. The van der Waals surface area contributed by atoms with E-state index in [0.717, 1.165) is 22.8 Å². The number of likely N-dealkylation sites (tertiary alicyclic amines) is 1. The van der Waals surface area contributed by atoms with Crippen molar-refractivity contribution in [1.82, 2.24) is 29.0 Å². The number of imidazole rings is 1. The van der Waals surface area contributed by atoms with E-state index in [0.29, 0.717) is 18.4 Å². The fourth-order valence-corrected chi connectivity index (χ4v) is 7.09. The van der Waals surface area contributed by atoms with Gasteiger partial charge in [0.2, 0.25) is 0 Å². The molecule has 3 aromatic rings. The minimum Gasteiger partial charge on any atom is -0.380 e. The standard InChI is InChI=1S/C26H26F6N8O4S/c1-14-3-4-17(11-18(14)19-13-35-21-20(34)36-22(25(27,28)29)37-39(19)21)45(42,43)40(44-23(41)26(30,31)32)24(2)5-7-38(8-6-24)16-9-15(10-16)12-33/h3-4,11,13,15-16H,5-10H2,1-2H3,(H2,34,36,37). The summed E-state index contributed by atoms with van der Waals surface area (Å²) >= 11 is 0. The summed E-state index contributed by atoms with van der Waals surface area (Å²) in [5.41, 5.74) is 4.04. The fourth-order valence-electron chi connectivity index (χ4n) is 5.46. The number of sulfonamides is 1. The molecule has 0 atom stereocenters. The van der Waals surface area contributed by atoms with E-state index in [-0.39, 0.29) is 59.3 Å². The van der Waals surface area contributed by atoms with E-state index in [2.05, 4.69) is 26.0 Å². The molecule has 2 aromatic heterocycles. The Hall–Kier alpha value is -4.02. The van der Waals surface area contributed by atoms with Crippen molar-refractivity contribution in [2.75, 3.05) is 18.8 Å². The lowest BCUT2D eigenvalue weighted by molar-refractivity contribution is -0.236. The van der Waals surface area contributed by atoms with Crippen LogP contribution in [0.1, 0.15) is 44.0 Å². The molecule has 0 radical (unpaired) electrons. The maximum atomic E-state index is 14.0. The zero-order chi connectivity index (χ0) is 33.1. The van der Waals surface area contributed by atoms with Crippen LogP contribution in [-0.2, 0) is 25.8 Å². The SMILES string of the molecule is Cc1ccc(S(=O)(=O)N(OC(=O)C(F)(F)F)C2(C)CCN(C3CC(C#N)C3)CC2)cc1-c1cnc2c(N)nc(C(F)(F)F)nn12. The van der Waals surface area contributed by atoms with Crippen molar-refractivity contribution in [2.24, 2.45) is 5.92 Å². The normalized spacial score (nSPS) is 21.0. The molecule has 0 amide bonds. The van der Waals surface area contributed by atoms with Crippen LogP contribution >= 0.6 is 0 Å². The van der Waals surface area contributed by atoms with Gasteiger partial charge in [-0.1, -0.05) is 6.07 Å². The Bertz CT molecular complexity index is 1790. The topological polar surface area (TPSA) is 160 Å². The van der Waals surface area contributed by atoms with Crippen molar-refractivity contribution >= 4 is 27.5 Å². The number of nitrogen functional groups attached to an aromatic ring is 1. The number of nitrogens with zero attached hydrogens (tertiary/aromatic N) is 7. The minimum atomic E-state index is -5.52. The summed E-state index contributed by atoms with van der Waals surface area (Å²) in [5.74, 6) is -5.02. The smallest absolute Gasteiger partial charge is 0.380 e. The van der Waals surface area contributed by atoms with Gasteiger partial charge in [-0.05, 0) is 61.7 Å². The predicted molar refractivity (Wildman–Crippen MR) is 143 cm³/mol. The zero-order valence-electron chi connectivity index (χ0n) is 23.7. The number of fused-ring (bicyclic) bond motifs is 1. The number of aryl methyl sites for hydroxylation is 1. The largest absolute Gasteiger partial charge is 0.492 e. The van der Waals surface area contributed by atoms with Crippen LogP contribution in [0.5, 0.6) is 0 Å². The molecule has 0 bridgehead atoms. The van der Waals surface area contributed by atoms with Crippen molar-refractivity contribution in [2.45, 2.75) is 68.4 Å². The number of aromatic nitrogens is 4. The molecule has 2 fully saturated rings. The highest BCUT2D eigenvalue weighted by molar-refractivity contribution is 7.89. The van der Waals surface area contributed by atoms with E-state index < -0.39 is 50.4 Å². The number of rotatable bonds is 6. The number of anilines is 1. The third kappa shape index (κ3) is 6.01. The van der Waals surface area contributed by atoms with Crippen molar-refractivity contribution < 1.29 is 44.4 Å². The maximum absolute atomic E-state index is 14.0. The Morgan fingerprint density at radius 2 is 1.82 bits per heavy atom. The number of carbonyl (C=O) groups excluding carboxylic acids is 1. The lowest BCUT2D eigenvalue weighted by Crippen LogP contribution is -2.59. The molecule has 242 valence electrons. The first-order chi connectivity index (χ1) is 20.8. The summed E-state index contributed by atoms with van der Waals surface area (Å²) < 4.78 is 109. The number of hydroxylamine groups is 1. The molecule has 2 N–H and O–H groups in total.